The van der Waals surface area contributed by atoms with Crippen LogP contribution in [0, 0.1) is 0 Å². The van der Waals surface area contributed by atoms with E-state index in [0.717, 1.165) is 30.1 Å². The summed E-state index contributed by atoms with van der Waals surface area (Å²) in [5.41, 5.74) is 6.50. The Morgan fingerprint density at radius 1 is 0.906 bits per heavy atom. The molecule has 32 heavy (non-hydrogen) atoms. The highest BCUT2D eigenvalue weighted by molar-refractivity contribution is 5.70. The van der Waals surface area contributed by atoms with Crippen molar-refractivity contribution in [3.63, 3.8) is 0 Å². The average molecular weight is 433 g/mol. The summed E-state index contributed by atoms with van der Waals surface area (Å²) in [4.78, 5) is 0. The molecule has 1 N–H and O–H groups in total. The molecular formula is C29H36O3. The molecule has 1 aliphatic carbocycles. The third kappa shape index (κ3) is 5.92. The SMILES string of the molecule is CCCC1CCCc2cc(OCc3ccc(-c4ccccc4OCC)cc3)ccc21.CO. The first kappa shape index (κ1) is 23.9. The lowest BCUT2D eigenvalue weighted by Crippen LogP contribution is -2.10. The Kier molecular flexibility index (Phi) is 9.18. The van der Waals surface area contributed by atoms with Crippen molar-refractivity contribution in [3.8, 4) is 22.6 Å². The van der Waals surface area contributed by atoms with E-state index < -0.39 is 0 Å². The normalized spacial score (nSPS) is 14.7. The van der Waals surface area contributed by atoms with Crippen molar-refractivity contribution >= 4 is 0 Å². The molecule has 3 nitrogen and oxygen atoms in total. The molecule has 0 aliphatic heterocycles. The van der Waals surface area contributed by atoms with Gasteiger partial charge in [-0.15, -0.1) is 0 Å². The van der Waals surface area contributed by atoms with E-state index in [9.17, 15) is 0 Å². The van der Waals surface area contributed by atoms with Crippen molar-refractivity contribution in [3.05, 3.63) is 83.4 Å². The molecule has 0 radical (unpaired) electrons. The fourth-order valence-electron chi connectivity index (χ4n) is 4.56. The van der Waals surface area contributed by atoms with Gasteiger partial charge in [-0.05, 0) is 79.0 Å². The Morgan fingerprint density at radius 2 is 1.69 bits per heavy atom. The minimum Gasteiger partial charge on any atom is -0.493 e. The number of aryl methyl sites for hydroxylation is 1. The highest BCUT2D eigenvalue weighted by Gasteiger charge is 2.19. The Morgan fingerprint density at radius 3 is 2.44 bits per heavy atom. The summed E-state index contributed by atoms with van der Waals surface area (Å²) in [5.74, 6) is 2.65. The van der Waals surface area contributed by atoms with E-state index >= 15 is 0 Å². The number of aliphatic hydroxyl groups is 1. The molecule has 0 saturated carbocycles. The van der Waals surface area contributed by atoms with Crippen molar-refractivity contribution in [1.82, 2.24) is 0 Å². The average Bonchev–Trinajstić information content (AvgIpc) is 2.85. The second-order valence-corrected chi connectivity index (χ2v) is 8.15. The van der Waals surface area contributed by atoms with Crippen LogP contribution in [0.3, 0.4) is 0 Å². The van der Waals surface area contributed by atoms with Crippen LogP contribution in [0.4, 0.5) is 0 Å². The lowest BCUT2D eigenvalue weighted by atomic mass is 9.80. The Balaban J connectivity index is 0.00000141. The molecule has 170 valence electrons. The van der Waals surface area contributed by atoms with Gasteiger partial charge in [0.2, 0.25) is 0 Å². The van der Waals surface area contributed by atoms with Crippen molar-refractivity contribution in [2.24, 2.45) is 0 Å². The van der Waals surface area contributed by atoms with Crippen LogP contribution in [0.2, 0.25) is 0 Å². The molecule has 4 rings (SSSR count). The molecule has 0 saturated heterocycles. The van der Waals surface area contributed by atoms with E-state index in [1.165, 1.54) is 48.8 Å². The molecule has 1 unspecified atom stereocenters. The van der Waals surface area contributed by atoms with Crippen LogP contribution < -0.4 is 9.47 Å². The van der Waals surface area contributed by atoms with Gasteiger partial charge >= 0.3 is 0 Å². The number of fused-ring (bicyclic) bond motifs is 1. The van der Waals surface area contributed by atoms with E-state index in [1.54, 1.807) is 5.56 Å². The second-order valence-electron chi connectivity index (χ2n) is 8.15. The molecule has 3 aromatic rings. The first-order chi connectivity index (χ1) is 15.8. The summed E-state index contributed by atoms with van der Waals surface area (Å²) in [5, 5.41) is 7.00. The molecule has 3 aromatic carbocycles. The zero-order valence-corrected chi connectivity index (χ0v) is 19.6. The van der Waals surface area contributed by atoms with Gasteiger partial charge in [0.05, 0.1) is 6.61 Å². The van der Waals surface area contributed by atoms with Crippen LogP contribution in [0.1, 0.15) is 62.1 Å². The van der Waals surface area contributed by atoms with Crippen molar-refractivity contribution in [1.29, 1.82) is 0 Å². The number of hydrogen-bond acceptors (Lipinski definition) is 3. The van der Waals surface area contributed by atoms with E-state index in [0.29, 0.717) is 13.2 Å². The van der Waals surface area contributed by atoms with Crippen LogP contribution in [0.15, 0.2) is 66.7 Å². The summed E-state index contributed by atoms with van der Waals surface area (Å²) >= 11 is 0. The Bertz CT molecular complexity index is 962. The van der Waals surface area contributed by atoms with E-state index in [-0.39, 0.29) is 0 Å². The molecule has 3 heteroatoms. The quantitative estimate of drug-likeness (QED) is 0.410. The number of para-hydroxylation sites is 1. The van der Waals surface area contributed by atoms with Crippen LogP contribution in [-0.4, -0.2) is 18.8 Å². The van der Waals surface area contributed by atoms with Gasteiger partial charge in [-0.25, -0.2) is 0 Å². The van der Waals surface area contributed by atoms with Gasteiger partial charge in [0.15, 0.2) is 0 Å². The molecule has 1 atom stereocenters. The number of hydrogen-bond donors (Lipinski definition) is 1. The van der Waals surface area contributed by atoms with Crippen LogP contribution in [0.5, 0.6) is 11.5 Å². The topological polar surface area (TPSA) is 38.7 Å². The van der Waals surface area contributed by atoms with Crippen LogP contribution in [-0.2, 0) is 13.0 Å². The molecule has 0 fully saturated rings. The van der Waals surface area contributed by atoms with Gasteiger partial charge in [0, 0.05) is 12.7 Å². The maximum Gasteiger partial charge on any atom is 0.127 e. The van der Waals surface area contributed by atoms with Gasteiger partial charge < -0.3 is 14.6 Å². The maximum atomic E-state index is 7.00. The predicted molar refractivity (Wildman–Crippen MR) is 133 cm³/mol. The van der Waals surface area contributed by atoms with Gasteiger partial charge in [0.25, 0.3) is 0 Å². The van der Waals surface area contributed by atoms with Crippen molar-refractivity contribution in [2.75, 3.05) is 13.7 Å². The molecular weight excluding hydrogens is 396 g/mol. The van der Waals surface area contributed by atoms with Crippen molar-refractivity contribution < 1.29 is 14.6 Å². The fraction of sp³-hybridized carbons (Fsp3) is 0.379. The highest BCUT2D eigenvalue weighted by Crippen LogP contribution is 2.36. The standard InChI is InChI=1S/C28H32O2.CH4O/c1-3-8-22-9-7-10-24-19-25(17-18-26(22)24)30-20-21-13-15-23(16-14-21)27-11-5-6-12-28(27)29-4-2;1-2/h5-6,11-19,22H,3-4,7-10,20H2,1-2H3;2H,1H3. The third-order valence-electron chi connectivity index (χ3n) is 6.05. The third-order valence-corrected chi connectivity index (χ3v) is 6.05. The summed E-state index contributed by atoms with van der Waals surface area (Å²) in [6.45, 7) is 5.56. The molecule has 1 aliphatic rings. The lowest BCUT2D eigenvalue weighted by molar-refractivity contribution is 0.305. The van der Waals surface area contributed by atoms with Crippen molar-refractivity contribution in [2.45, 2.75) is 58.5 Å². The Hall–Kier alpha value is -2.78. The molecule has 0 amide bonds. The monoisotopic (exact) mass is 432 g/mol. The second kappa shape index (κ2) is 12.3. The maximum absolute atomic E-state index is 7.00. The minimum atomic E-state index is 0.588. The number of aliphatic hydroxyl groups excluding tert-OH is 1. The van der Waals surface area contributed by atoms with Gasteiger partial charge in [-0.2, -0.15) is 0 Å². The zero-order chi connectivity index (χ0) is 22.8. The molecule has 0 spiro atoms. The van der Waals surface area contributed by atoms with E-state index in [4.69, 9.17) is 14.6 Å². The fourth-order valence-corrected chi connectivity index (χ4v) is 4.56. The van der Waals surface area contributed by atoms with Gasteiger partial charge in [-0.3, -0.25) is 0 Å². The van der Waals surface area contributed by atoms with Gasteiger partial charge in [-0.1, -0.05) is 61.9 Å². The Labute approximate surface area is 193 Å². The first-order valence-electron chi connectivity index (χ1n) is 11.8. The van der Waals surface area contributed by atoms with Crippen LogP contribution in [0.25, 0.3) is 11.1 Å². The number of benzene rings is 3. The van der Waals surface area contributed by atoms with E-state index in [2.05, 4.69) is 61.5 Å². The minimum absolute atomic E-state index is 0.588. The summed E-state index contributed by atoms with van der Waals surface area (Å²) in [6, 6.07) is 23.5. The smallest absolute Gasteiger partial charge is 0.127 e. The lowest BCUT2D eigenvalue weighted by Gasteiger charge is -2.25. The zero-order valence-electron chi connectivity index (χ0n) is 19.6. The number of ether oxygens (including phenoxy) is 2. The predicted octanol–water partition coefficient (Wildman–Crippen LogP) is 7.16. The van der Waals surface area contributed by atoms with Crippen LogP contribution >= 0.6 is 0 Å². The molecule has 0 aromatic heterocycles. The van der Waals surface area contributed by atoms with Gasteiger partial charge in [0.1, 0.15) is 18.1 Å². The number of rotatable bonds is 8. The summed E-state index contributed by atoms with van der Waals surface area (Å²) in [7, 11) is 1.00. The van der Waals surface area contributed by atoms with E-state index in [1.807, 2.05) is 19.1 Å². The molecule has 0 heterocycles. The summed E-state index contributed by atoms with van der Waals surface area (Å²) < 4.78 is 11.9. The summed E-state index contributed by atoms with van der Waals surface area (Å²) in [6.07, 6.45) is 6.37. The first-order valence-corrected chi connectivity index (χ1v) is 11.8. The highest BCUT2D eigenvalue weighted by atomic mass is 16.5. The molecule has 0 bridgehead atoms. The largest absolute Gasteiger partial charge is 0.493 e.